The number of benzene rings is 1. The minimum atomic E-state index is -2.94. The molecule has 14 heavy (non-hydrogen) atoms. The molecule has 0 aliphatic carbocycles. The first-order valence-electron chi connectivity index (χ1n) is 3.39. The van der Waals surface area contributed by atoms with E-state index in [0.717, 1.165) is 12.1 Å². The summed E-state index contributed by atoms with van der Waals surface area (Å²) in [5.41, 5.74) is -1.50. The first-order valence-corrected chi connectivity index (χ1v) is 4.18. The molecule has 0 amide bonds. The Morgan fingerprint density at radius 3 is 2.50 bits per heavy atom. The largest absolute Gasteiger partial charge is 0.502 e. The summed E-state index contributed by atoms with van der Waals surface area (Å²) in [5.74, 6) is -1.00. The summed E-state index contributed by atoms with van der Waals surface area (Å²) in [6, 6.07) is 2.02. The topological polar surface area (TPSA) is 63.4 Å². The van der Waals surface area contributed by atoms with Crippen LogP contribution in [0.3, 0.4) is 0 Å². The molecule has 0 radical (unpaired) electrons. The first kappa shape index (κ1) is 10.8. The molecule has 1 N–H and O–H groups in total. The van der Waals surface area contributed by atoms with Crippen molar-refractivity contribution in [3.05, 3.63) is 32.3 Å². The second kappa shape index (κ2) is 3.87. The van der Waals surface area contributed by atoms with Gasteiger partial charge in [0, 0.05) is 0 Å². The van der Waals surface area contributed by atoms with Crippen LogP contribution in [0.15, 0.2) is 16.6 Å². The monoisotopic (exact) mass is 267 g/mol. The molecule has 76 valence electrons. The van der Waals surface area contributed by atoms with Crippen molar-refractivity contribution in [3.8, 4) is 5.75 Å². The maximum atomic E-state index is 12.2. The number of rotatable bonds is 2. The van der Waals surface area contributed by atoms with E-state index in [-0.39, 0.29) is 4.47 Å². The van der Waals surface area contributed by atoms with Crippen molar-refractivity contribution in [1.29, 1.82) is 0 Å². The summed E-state index contributed by atoms with van der Waals surface area (Å²) < 4.78 is 24.4. The van der Waals surface area contributed by atoms with E-state index >= 15 is 0 Å². The lowest BCUT2D eigenvalue weighted by Gasteiger charge is -2.04. The fourth-order valence-corrected chi connectivity index (χ4v) is 1.39. The molecular weight excluding hydrogens is 264 g/mol. The van der Waals surface area contributed by atoms with Crippen molar-refractivity contribution in [1.82, 2.24) is 0 Å². The van der Waals surface area contributed by atoms with Gasteiger partial charge in [-0.05, 0) is 28.1 Å². The Hall–Kier alpha value is -1.24. The highest BCUT2D eigenvalue weighted by atomic mass is 79.9. The number of halogens is 3. The van der Waals surface area contributed by atoms with Gasteiger partial charge < -0.3 is 5.11 Å². The number of phenols is 1. The maximum absolute atomic E-state index is 12.2. The van der Waals surface area contributed by atoms with Crippen molar-refractivity contribution in [2.75, 3.05) is 0 Å². The minimum absolute atomic E-state index is 0.0376. The molecule has 0 aliphatic rings. The van der Waals surface area contributed by atoms with Gasteiger partial charge in [-0.2, -0.15) is 0 Å². The van der Waals surface area contributed by atoms with Crippen molar-refractivity contribution >= 4 is 21.6 Å². The predicted octanol–water partition coefficient (Wildman–Crippen LogP) is 3.00. The van der Waals surface area contributed by atoms with Crippen LogP contribution in [0.2, 0.25) is 0 Å². The van der Waals surface area contributed by atoms with E-state index in [9.17, 15) is 18.9 Å². The van der Waals surface area contributed by atoms with Crippen molar-refractivity contribution in [2.45, 2.75) is 6.43 Å². The third kappa shape index (κ3) is 1.82. The van der Waals surface area contributed by atoms with Gasteiger partial charge in [-0.25, -0.2) is 8.78 Å². The number of aromatic hydroxyl groups is 1. The first-order chi connectivity index (χ1) is 6.45. The summed E-state index contributed by atoms with van der Waals surface area (Å²) >= 11 is 2.78. The van der Waals surface area contributed by atoms with E-state index in [0.29, 0.717) is 0 Å². The average Bonchev–Trinajstić information content (AvgIpc) is 2.02. The minimum Gasteiger partial charge on any atom is -0.502 e. The molecule has 0 bridgehead atoms. The number of hydrogen-bond donors (Lipinski definition) is 1. The van der Waals surface area contributed by atoms with Crippen LogP contribution in [-0.2, 0) is 0 Å². The van der Waals surface area contributed by atoms with Crippen LogP contribution in [0.25, 0.3) is 0 Å². The lowest BCUT2D eigenvalue weighted by Crippen LogP contribution is -1.94. The van der Waals surface area contributed by atoms with Gasteiger partial charge in [0.1, 0.15) is 0 Å². The Labute approximate surface area is 85.4 Å². The Morgan fingerprint density at radius 2 is 2.07 bits per heavy atom. The molecule has 4 nitrogen and oxygen atoms in total. The van der Waals surface area contributed by atoms with E-state index in [1.807, 2.05) is 0 Å². The van der Waals surface area contributed by atoms with Crippen LogP contribution in [0, 0.1) is 10.1 Å². The maximum Gasteiger partial charge on any atom is 0.325 e. The Bertz CT molecular complexity index is 383. The second-order valence-electron chi connectivity index (χ2n) is 2.39. The van der Waals surface area contributed by atoms with Gasteiger partial charge in [-0.15, -0.1) is 0 Å². The molecule has 0 atom stereocenters. The number of nitrogens with zero attached hydrogens (tertiary/aromatic N) is 1. The number of hydrogen-bond acceptors (Lipinski definition) is 3. The molecule has 1 aromatic carbocycles. The Balaban J connectivity index is 3.41. The predicted molar refractivity (Wildman–Crippen MR) is 47.4 cm³/mol. The number of phenolic OH excluding ortho intramolecular Hbond substituents is 1. The quantitative estimate of drug-likeness (QED) is 0.662. The van der Waals surface area contributed by atoms with Crippen molar-refractivity contribution in [3.63, 3.8) is 0 Å². The van der Waals surface area contributed by atoms with Gasteiger partial charge in [-0.1, -0.05) is 0 Å². The van der Waals surface area contributed by atoms with Gasteiger partial charge in [0.2, 0.25) is 5.75 Å². The highest BCUT2D eigenvalue weighted by molar-refractivity contribution is 9.10. The molecule has 1 rings (SSSR count). The van der Waals surface area contributed by atoms with Gasteiger partial charge in [0.25, 0.3) is 6.43 Å². The standard InChI is InChI=1S/C7H4BrF2NO3/c8-4-2-1-3(7(9)10)6(12)5(4)11(13)14/h1-2,7,12H. The Kier molecular flexibility index (Phi) is 3.00. The third-order valence-corrected chi connectivity index (χ3v) is 2.19. The smallest absolute Gasteiger partial charge is 0.325 e. The molecule has 0 aromatic heterocycles. The molecule has 0 spiro atoms. The molecule has 1 aromatic rings. The van der Waals surface area contributed by atoms with Crippen molar-refractivity contribution in [2.24, 2.45) is 0 Å². The van der Waals surface area contributed by atoms with Crippen LogP contribution < -0.4 is 0 Å². The molecule has 0 saturated heterocycles. The zero-order valence-corrected chi connectivity index (χ0v) is 8.16. The fraction of sp³-hybridized carbons (Fsp3) is 0.143. The van der Waals surface area contributed by atoms with Crippen LogP contribution >= 0.6 is 15.9 Å². The fourth-order valence-electron chi connectivity index (χ4n) is 0.920. The van der Waals surface area contributed by atoms with Gasteiger partial charge in [-0.3, -0.25) is 10.1 Å². The molecule has 0 aliphatic heterocycles. The molecule has 0 fully saturated rings. The van der Waals surface area contributed by atoms with Crippen LogP contribution in [0.5, 0.6) is 5.75 Å². The lowest BCUT2D eigenvalue weighted by atomic mass is 10.2. The average molecular weight is 268 g/mol. The van der Waals surface area contributed by atoms with Crippen LogP contribution in [0.4, 0.5) is 14.5 Å². The summed E-state index contributed by atoms with van der Waals surface area (Å²) in [5, 5.41) is 19.5. The second-order valence-corrected chi connectivity index (χ2v) is 3.25. The van der Waals surface area contributed by atoms with E-state index in [4.69, 9.17) is 5.11 Å². The van der Waals surface area contributed by atoms with Crippen LogP contribution in [-0.4, -0.2) is 10.0 Å². The SMILES string of the molecule is O=[N+]([O-])c1c(Br)ccc(C(F)F)c1O. The normalized spacial score (nSPS) is 10.6. The summed E-state index contributed by atoms with van der Waals surface area (Å²) in [4.78, 5) is 9.46. The lowest BCUT2D eigenvalue weighted by molar-refractivity contribution is -0.386. The molecular formula is C7H4BrF2NO3. The van der Waals surface area contributed by atoms with E-state index < -0.39 is 28.3 Å². The van der Waals surface area contributed by atoms with E-state index in [1.165, 1.54) is 0 Å². The number of alkyl halides is 2. The number of nitro groups is 1. The van der Waals surface area contributed by atoms with Crippen LogP contribution in [0.1, 0.15) is 12.0 Å². The summed E-state index contributed by atoms with van der Waals surface area (Å²) in [7, 11) is 0. The van der Waals surface area contributed by atoms with Gasteiger partial charge in [0.15, 0.2) is 0 Å². The molecule has 0 unspecified atom stereocenters. The summed E-state index contributed by atoms with van der Waals surface area (Å²) in [6.45, 7) is 0. The summed E-state index contributed by atoms with van der Waals surface area (Å²) in [6.07, 6.45) is -2.94. The van der Waals surface area contributed by atoms with Crippen molar-refractivity contribution < 1.29 is 18.8 Å². The molecule has 7 heteroatoms. The molecule has 0 saturated carbocycles. The molecule has 0 heterocycles. The van der Waals surface area contributed by atoms with E-state index in [2.05, 4.69) is 15.9 Å². The number of nitro benzene ring substituents is 1. The zero-order valence-electron chi connectivity index (χ0n) is 6.58. The highest BCUT2D eigenvalue weighted by Gasteiger charge is 2.25. The third-order valence-electron chi connectivity index (χ3n) is 1.55. The van der Waals surface area contributed by atoms with E-state index in [1.54, 1.807) is 0 Å². The van der Waals surface area contributed by atoms with Gasteiger partial charge >= 0.3 is 5.69 Å². The highest BCUT2D eigenvalue weighted by Crippen LogP contribution is 2.40. The van der Waals surface area contributed by atoms with Gasteiger partial charge in [0.05, 0.1) is 15.0 Å². The Morgan fingerprint density at radius 1 is 1.50 bits per heavy atom. The zero-order chi connectivity index (χ0) is 10.9.